The van der Waals surface area contributed by atoms with Crippen LogP contribution in [0, 0.1) is 13.8 Å². The Kier molecular flexibility index (Phi) is 5.19. The maximum atomic E-state index is 12.3. The Morgan fingerprint density at radius 2 is 2.17 bits per heavy atom. The van der Waals surface area contributed by atoms with Gasteiger partial charge >= 0.3 is 0 Å². The Morgan fingerprint density at radius 1 is 1.34 bits per heavy atom. The number of pyridine rings is 1. The first-order valence-electron chi connectivity index (χ1n) is 9.80. The minimum Gasteiger partial charge on any atom is -0.460 e. The minimum absolute atomic E-state index is 0.178. The van der Waals surface area contributed by atoms with E-state index in [4.69, 9.17) is 4.42 Å². The van der Waals surface area contributed by atoms with Crippen LogP contribution in [-0.2, 0) is 6.54 Å². The number of furan rings is 1. The Labute approximate surface area is 169 Å². The lowest BCUT2D eigenvalue weighted by molar-refractivity contribution is 0.0815. The predicted molar refractivity (Wildman–Crippen MR) is 111 cm³/mol. The molecule has 1 aliphatic heterocycles. The van der Waals surface area contributed by atoms with Gasteiger partial charge in [-0.05, 0) is 32.4 Å². The van der Waals surface area contributed by atoms with Crippen LogP contribution in [0.5, 0.6) is 0 Å². The Balaban J connectivity index is 1.44. The molecule has 0 saturated carbocycles. The number of rotatable bonds is 5. The molecule has 0 spiro atoms. The zero-order valence-corrected chi connectivity index (χ0v) is 17.3. The van der Waals surface area contributed by atoms with Gasteiger partial charge in [-0.15, -0.1) is 0 Å². The van der Waals surface area contributed by atoms with Gasteiger partial charge in [0.1, 0.15) is 17.2 Å². The highest BCUT2D eigenvalue weighted by Gasteiger charge is 2.26. The number of hydrogen-bond acceptors (Lipinski definition) is 7. The molecule has 1 atom stereocenters. The van der Waals surface area contributed by atoms with Crippen LogP contribution in [0.25, 0.3) is 11.0 Å². The fraction of sp³-hybridized carbons (Fsp3) is 0.429. The van der Waals surface area contributed by atoms with Gasteiger partial charge in [-0.25, -0.2) is 9.97 Å². The third-order valence-electron chi connectivity index (χ3n) is 5.38. The van der Waals surface area contributed by atoms with Crippen LogP contribution in [0.15, 0.2) is 28.9 Å². The fourth-order valence-electron chi connectivity index (χ4n) is 3.61. The Morgan fingerprint density at radius 3 is 2.93 bits per heavy atom. The number of fused-ring (bicyclic) bond motifs is 1. The summed E-state index contributed by atoms with van der Waals surface area (Å²) in [5, 5.41) is 4.59. The molecule has 1 amide bonds. The van der Waals surface area contributed by atoms with Gasteiger partial charge in [-0.2, -0.15) is 0 Å². The third-order valence-corrected chi connectivity index (χ3v) is 5.38. The van der Waals surface area contributed by atoms with Crippen molar-refractivity contribution >= 4 is 22.7 Å². The first-order valence-corrected chi connectivity index (χ1v) is 9.80. The average molecular weight is 394 g/mol. The fourth-order valence-corrected chi connectivity index (χ4v) is 3.61. The average Bonchev–Trinajstić information content (AvgIpc) is 3.34. The molecule has 0 bridgehead atoms. The number of anilines is 1. The lowest BCUT2D eigenvalue weighted by Crippen LogP contribution is -2.33. The van der Waals surface area contributed by atoms with Crippen molar-refractivity contribution in [1.29, 1.82) is 0 Å². The summed E-state index contributed by atoms with van der Waals surface area (Å²) in [6, 6.07) is 4.23. The molecule has 1 fully saturated rings. The number of aromatic nitrogens is 3. The number of nitrogens with one attached hydrogen (secondary N) is 1. The van der Waals surface area contributed by atoms with Gasteiger partial charge in [0, 0.05) is 62.3 Å². The highest BCUT2D eigenvalue weighted by Crippen LogP contribution is 2.25. The number of nitrogens with zero attached hydrogens (tertiary/aromatic N) is 5. The lowest BCUT2D eigenvalue weighted by Gasteiger charge is -2.22. The van der Waals surface area contributed by atoms with Crippen molar-refractivity contribution in [3.05, 3.63) is 47.4 Å². The van der Waals surface area contributed by atoms with E-state index in [-0.39, 0.29) is 11.7 Å². The van der Waals surface area contributed by atoms with Gasteiger partial charge in [0.2, 0.25) is 5.82 Å². The number of amides is 1. The van der Waals surface area contributed by atoms with Crippen LogP contribution in [0.4, 0.5) is 5.82 Å². The van der Waals surface area contributed by atoms with Crippen molar-refractivity contribution in [2.24, 2.45) is 0 Å². The van der Waals surface area contributed by atoms with Crippen molar-refractivity contribution < 1.29 is 9.21 Å². The van der Waals surface area contributed by atoms with Gasteiger partial charge in [0.15, 0.2) is 0 Å². The lowest BCUT2D eigenvalue weighted by atomic mass is 10.2. The van der Waals surface area contributed by atoms with E-state index in [1.54, 1.807) is 20.3 Å². The zero-order chi connectivity index (χ0) is 20.5. The van der Waals surface area contributed by atoms with Crippen molar-refractivity contribution in [3.8, 4) is 0 Å². The smallest absolute Gasteiger partial charge is 0.291 e. The molecule has 8 nitrogen and oxygen atoms in total. The zero-order valence-electron chi connectivity index (χ0n) is 17.3. The van der Waals surface area contributed by atoms with Crippen molar-refractivity contribution in [3.63, 3.8) is 0 Å². The quantitative estimate of drug-likeness (QED) is 0.710. The monoisotopic (exact) mass is 394 g/mol. The largest absolute Gasteiger partial charge is 0.460 e. The van der Waals surface area contributed by atoms with E-state index in [1.807, 2.05) is 32.2 Å². The van der Waals surface area contributed by atoms with Crippen LogP contribution < -0.4 is 10.2 Å². The SMILES string of the molecule is Cc1nc(C(=O)N(C)C)nc(N2CC[C@@H](NCc3cc4cnccc4o3)C2)c1C. The molecule has 4 rings (SSSR count). The van der Waals surface area contributed by atoms with E-state index in [0.29, 0.717) is 12.6 Å². The van der Waals surface area contributed by atoms with Crippen LogP contribution in [-0.4, -0.2) is 59.0 Å². The van der Waals surface area contributed by atoms with E-state index < -0.39 is 0 Å². The topological polar surface area (TPSA) is 87.4 Å². The first kappa shape index (κ1) is 19.3. The molecule has 1 N–H and O–H groups in total. The van der Waals surface area contributed by atoms with E-state index >= 15 is 0 Å². The summed E-state index contributed by atoms with van der Waals surface area (Å²) in [6.45, 7) is 6.32. The molecule has 0 aliphatic carbocycles. The molecule has 152 valence electrons. The van der Waals surface area contributed by atoms with Gasteiger partial charge in [-0.1, -0.05) is 0 Å². The predicted octanol–water partition coefficient (Wildman–Crippen LogP) is 2.30. The maximum absolute atomic E-state index is 12.3. The molecule has 4 heterocycles. The van der Waals surface area contributed by atoms with Crippen LogP contribution >= 0.6 is 0 Å². The summed E-state index contributed by atoms with van der Waals surface area (Å²) in [7, 11) is 3.43. The maximum Gasteiger partial charge on any atom is 0.291 e. The summed E-state index contributed by atoms with van der Waals surface area (Å²) < 4.78 is 5.86. The number of aryl methyl sites for hydroxylation is 1. The molecule has 3 aromatic rings. The van der Waals surface area contributed by atoms with Gasteiger partial charge < -0.3 is 19.5 Å². The van der Waals surface area contributed by atoms with Gasteiger partial charge in [0.25, 0.3) is 5.91 Å². The second-order valence-corrected chi connectivity index (χ2v) is 7.72. The van der Waals surface area contributed by atoms with Crippen molar-refractivity contribution in [1.82, 2.24) is 25.2 Å². The second kappa shape index (κ2) is 7.79. The van der Waals surface area contributed by atoms with Gasteiger partial charge in [-0.3, -0.25) is 9.78 Å². The third kappa shape index (κ3) is 3.93. The van der Waals surface area contributed by atoms with Crippen LogP contribution in [0.1, 0.15) is 34.1 Å². The Hall–Kier alpha value is -3.00. The standard InChI is InChI=1S/C21H26N6O2/c1-13-14(2)24-19(21(28)26(3)4)25-20(13)27-8-6-16(12-27)23-11-17-9-15-10-22-7-5-18(15)29-17/h5,7,9-10,16,23H,6,8,11-12H2,1-4H3/t16-/m1/s1. The highest BCUT2D eigenvalue weighted by atomic mass is 16.3. The molecule has 29 heavy (non-hydrogen) atoms. The van der Waals surface area contributed by atoms with E-state index in [0.717, 1.165) is 53.3 Å². The number of carbonyl (C=O) groups is 1. The van der Waals surface area contributed by atoms with Crippen LogP contribution in [0.3, 0.4) is 0 Å². The summed E-state index contributed by atoms with van der Waals surface area (Å²) in [5.74, 6) is 1.82. The molecular weight excluding hydrogens is 368 g/mol. The normalized spacial score (nSPS) is 16.6. The summed E-state index contributed by atoms with van der Waals surface area (Å²) >= 11 is 0. The van der Waals surface area contributed by atoms with Crippen molar-refractivity contribution in [2.75, 3.05) is 32.1 Å². The van der Waals surface area contributed by atoms with E-state index in [2.05, 4.69) is 25.2 Å². The van der Waals surface area contributed by atoms with Gasteiger partial charge in [0.05, 0.1) is 6.54 Å². The van der Waals surface area contributed by atoms with E-state index in [1.165, 1.54) is 4.90 Å². The molecule has 8 heteroatoms. The molecule has 0 radical (unpaired) electrons. The molecule has 3 aromatic heterocycles. The highest BCUT2D eigenvalue weighted by molar-refractivity contribution is 5.90. The van der Waals surface area contributed by atoms with E-state index in [9.17, 15) is 4.79 Å². The molecule has 1 aliphatic rings. The molecule has 0 aromatic carbocycles. The molecule has 1 saturated heterocycles. The Bertz CT molecular complexity index is 1010. The summed E-state index contributed by atoms with van der Waals surface area (Å²) in [5.41, 5.74) is 2.72. The molecule has 0 unspecified atom stereocenters. The summed E-state index contributed by atoms with van der Waals surface area (Å²) in [4.78, 5) is 29.2. The number of hydrogen-bond donors (Lipinski definition) is 1. The second-order valence-electron chi connectivity index (χ2n) is 7.72. The van der Waals surface area contributed by atoms with Crippen molar-refractivity contribution in [2.45, 2.75) is 32.9 Å². The minimum atomic E-state index is -0.178. The molecular formula is C21H26N6O2. The number of carbonyl (C=O) groups excluding carboxylic acids is 1. The van der Waals surface area contributed by atoms with Crippen LogP contribution in [0.2, 0.25) is 0 Å². The summed E-state index contributed by atoms with van der Waals surface area (Å²) in [6.07, 6.45) is 4.55. The first-order chi connectivity index (χ1) is 13.9.